The van der Waals surface area contributed by atoms with Gasteiger partial charge in [0.25, 0.3) is 0 Å². The molecule has 0 saturated carbocycles. The number of hydrogen-bond donors (Lipinski definition) is 4. The summed E-state index contributed by atoms with van der Waals surface area (Å²) in [6.45, 7) is 5.86. The summed E-state index contributed by atoms with van der Waals surface area (Å²) in [5.41, 5.74) is 0. The van der Waals surface area contributed by atoms with Crippen LogP contribution in [0.15, 0.2) is 0 Å². The highest BCUT2D eigenvalue weighted by atomic mass is 16.7. The summed E-state index contributed by atoms with van der Waals surface area (Å²) in [6.07, 6.45) is -1.33. The summed E-state index contributed by atoms with van der Waals surface area (Å²) in [6, 6.07) is 0. The van der Waals surface area contributed by atoms with Crippen LogP contribution in [-0.2, 0) is 4.74 Å². The molecule has 0 amide bonds. The average molecular weight is 289 g/mol. The van der Waals surface area contributed by atoms with Crippen molar-refractivity contribution in [3.05, 3.63) is 0 Å². The Bertz CT molecular complexity index is 327. The van der Waals surface area contributed by atoms with E-state index in [2.05, 4.69) is 18.7 Å². The Balaban J connectivity index is 1.90. The molecule has 2 fully saturated rings. The van der Waals surface area contributed by atoms with Gasteiger partial charge in [0.05, 0.1) is 13.2 Å². The van der Waals surface area contributed by atoms with Crippen molar-refractivity contribution in [2.45, 2.75) is 50.8 Å². The molecule has 0 aliphatic carbocycles. The Morgan fingerprint density at radius 3 is 2.60 bits per heavy atom. The summed E-state index contributed by atoms with van der Waals surface area (Å²) in [7, 11) is 0. The average Bonchev–Trinajstić information content (AvgIpc) is 2.87. The molecule has 5 atom stereocenters. The Labute approximate surface area is 120 Å². The minimum Gasteiger partial charge on any atom is -0.394 e. The van der Waals surface area contributed by atoms with Gasteiger partial charge < -0.3 is 25.2 Å². The molecular weight excluding hydrogens is 262 g/mol. The molecule has 0 aromatic carbocycles. The standard InChI is InChI=1S/C14H27NO5/c1-9(2)5-10-3-4-15(6-10)8-14(19)13(18)12(17)11(7-16)20-14/h9-13,16-19H,3-8H2,1-2H3/t10?,11?,12?,13?,14-/m0/s1. The number of aliphatic hydroxyl groups excluding tert-OH is 3. The number of β-amino-alcohol motifs (C(OH)–C–C–N with tert-alkyl or cyclic N) is 1. The third-order valence-electron chi connectivity index (χ3n) is 4.33. The zero-order valence-electron chi connectivity index (χ0n) is 12.3. The second-order valence-corrected chi connectivity index (χ2v) is 6.64. The van der Waals surface area contributed by atoms with Crippen molar-refractivity contribution in [3.63, 3.8) is 0 Å². The van der Waals surface area contributed by atoms with Gasteiger partial charge in [-0.3, -0.25) is 4.90 Å². The minimum atomic E-state index is -1.79. The Kier molecular flexibility index (Phi) is 5.05. The summed E-state index contributed by atoms with van der Waals surface area (Å²) in [5, 5.41) is 39.1. The normalized spacial score (nSPS) is 42.8. The second kappa shape index (κ2) is 6.25. The SMILES string of the molecule is CC(C)CC1CCN(C[C@]2(O)OC(CO)C(O)C2O)C1. The highest BCUT2D eigenvalue weighted by molar-refractivity contribution is 4.97. The van der Waals surface area contributed by atoms with Crippen LogP contribution >= 0.6 is 0 Å². The molecule has 2 aliphatic rings. The lowest BCUT2D eigenvalue weighted by atomic mass is 9.97. The van der Waals surface area contributed by atoms with Crippen molar-refractivity contribution in [1.29, 1.82) is 0 Å². The van der Waals surface area contributed by atoms with E-state index in [0.29, 0.717) is 11.8 Å². The van der Waals surface area contributed by atoms with Crippen LogP contribution in [0.2, 0.25) is 0 Å². The molecule has 2 saturated heterocycles. The fraction of sp³-hybridized carbons (Fsp3) is 1.00. The van der Waals surface area contributed by atoms with E-state index in [9.17, 15) is 15.3 Å². The van der Waals surface area contributed by atoms with E-state index in [0.717, 1.165) is 25.9 Å². The summed E-state index contributed by atoms with van der Waals surface area (Å²) >= 11 is 0. The molecule has 6 heteroatoms. The zero-order valence-corrected chi connectivity index (χ0v) is 12.3. The quantitative estimate of drug-likeness (QED) is 0.527. The molecule has 2 aliphatic heterocycles. The van der Waals surface area contributed by atoms with Crippen LogP contribution in [0.1, 0.15) is 26.7 Å². The van der Waals surface area contributed by atoms with E-state index in [1.807, 2.05) is 0 Å². The van der Waals surface area contributed by atoms with E-state index >= 15 is 0 Å². The smallest absolute Gasteiger partial charge is 0.208 e. The van der Waals surface area contributed by atoms with Crippen LogP contribution in [0.3, 0.4) is 0 Å². The second-order valence-electron chi connectivity index (χ2n) is 6.64. The van der Waals surface area contributed by atoms with Crippen LogP contribution in [0.25, 0.3) is 0 Å². The predicted molar refractivity (Wildman–Crippen MR) is 72.9 cm³/mol. The fourth-order valence-corrected chi connectivity index (χ4v) is 3.38. The Hall–Kier alpha value is -0.240. The lowest BCUT2D eigenvalue weighted by Crippen LogP contribution is -2.51. The molecule has 2 heterocycles. The molecule has 2 rings (SSSR count). The number of aliphatic hydroxyl groups is 4. The highest BCUT2D eigenvalue weighted by Gasteiger charge is 2.54. The summed E-state index contributed by atoms with van der Waals surface area (Å²) in [4.78, 5) is 2.06. The van der Waals surface area contributed by atoms with Crippen molar-refractivity contribution in [2.75, 3.05) is 26.2 Å². The van der Waals surface area contributed by atoms with E-state index in [1.54, 1.807) is 0 Å². The van der Waals surface area contributed by atoms with Gasteiger partial charge in [-0.05, 0) is 31.2 Å². The maximum atomic E-state index is 10.4. The van der Waals surface area contributed by atoms with Crippen molar-refractivity contribution < 1.29 is 25.2 Å². The molecule has 0 bridgehead atoms. The first kappa shape index (κ1) is 16.1. The molecule has 0 aromatic rings. The first-order valence-electron chi connectivity index (χ1n) is 7.45. The van der Waals surface area contributed by atoms with Gasteiger partial charge in [-0.25, -0.2) is 0 Å². The summed E-state index contributed by atoms with van der Waals surface area (Å²) < 4.78 is 5.26. The minimum absolute atomic E-state index is 0.163. The maximum Gasteiger partial charge on any atom is 0.208 e. The van der Waals surface area contributed by atoms with Crippen molar-refractivity contribution in [1.82, 2.24) is 4.90 Å². The van der Waals surface area contributed by atoms with Gasteiger partial charge >= 0.3 is 0 Å². The maximum absolute atomic E-state index is 10.4. The number of hydrogen-bond acceptors (Lipinski definition) is 6. The lowest BCUT2D eigenvalue weighted by molar-refractivity contribution is -0.237. The zero-order chi connectivity index (χ0) is 14.9. The van der Waals surface area contributed by atoms with E-state index < -0.39 is 30.7 Å². The molecule has 6 nitrogen and oxygen atoms in total. The molecule has 20 heavy (non-hydrogen) atoms. The third kappa shape index (κ3) is 3.32. The van der Waals surface area contributed by atoms with Crippen LogP contribution in [0, 0.1) is 11.8 Å². The molecule has 0 aromatic heterocycles. The van der Waals surface area contributed by atoms with Gasteiger partial charge in [-0.1, -0.05) is 13.8 Å². The first-order chi connectivity index (χ1) is 9.35. The van der Waals surface area contributed by atoms with Gasteiger partial charge in [0.2, 0.25) is 5.79 Å². The van der Waals surface area contributed by atoms with Crippen LogP contribution in [-0.4, -0.2) is 75.7 Å². The molecule has 118 valence electrons. The van der Waals surface area contributed by atoms with Crippen LogP contribution in [0.4, 0.5) is 0 Å². The van der Waals surface area contributed by atoms with Gasteiger partial charge in [-0.15, -0.1) is 0 Å². The number of rotatable bonds is 5. The topological polar surface area (TPSA) is 93.4 Å². The van der Waals surface area contributed by atoms with Crippen LogP contribution in [0.5, 0.6) is 0 Å². The predicted octanol–water partition coefficient (Wildman–Crippen LogP) is -0.844. The molecule has 0 spiro atoms. The van der Waals surface area contributed by atoms with E-state index in [1.165, 1.54) is 0 Å². The van der Waals surface area contributed by atoms with Gasteiger partial charge in [0, 0.05) is 6.54 Å². The highest BCUT2D eigenvalue weighted by Crippen LogP contribution is 2.32. The van der Waals surface area contributed by atoms with Crippen molar-refractivity contribution >= 4 is 0 Å². The molecular formula is C14H27NO5. The van der Waals surface area contributed by atoms with Crippen molar-refractivity contribution in [3.8, 4) is 0 Å². The number of ether oxygens (including phenoxy) is 1. The lowest BCUT2D eigenvalue weighted by Gasteiger charge is -2.30. The van der Waals surface area contributed by atoms with Crippen LogP contribution < -0.4 is 0 Å². The molecule has 4 unspecified atom stereocenters. The fourth-order valence-electron chi connectivity index (χ4n) is 3.38. The number of nitrogens with zero attached hydrogens (tertiary/aromatic N) is 1. The Morgan fingerprint density at radius 2 is 2.05 bits per heavy atom. The van der Waals surface area contributed by atoms with Gasteiger partial charge in [0.15, 0.2) is 0 Å². The van der Waals surface area contributed by atoms with Crippen molar-refractivity contribution in [2.24, 2.45) is 11.8 Å². The summed E-state index contributed by atoms with van der Waals surface area (Å²) in [5.74, 6) is -0.535. The van der Waals surface area contributed by atoms with Gasteiger partial charge in [-0.2, -0.15) is 0 Å². The Morgan fingerprint density at radius 1 is 1.35 bits per heavy atom. The number of likely N-dealkylation sites (tertiary alicyclic amines) is 1. The molecule has 0 radical (unpaired) electrons. The third-order valence-corrected chi connectivity index (χ3v) is 4.33. The first-order valence-corrected chi connectivity index (χ1v) is 7.45. The van der Waals surface area contributed by atoms with E-state index in [4.69, 9.17) is 9.84 Å². The van der Waals surface area contributed by atoms with Gasteiger partial charge in [0.1, 0.15) is 18.3 Å². The largest absolute Gasteiger partial charge is 0.394 e. The molecule has 4 N–H and O–H groups in total. The monoisotopic (exact) mass is 289 g/mol. The van der Waals surface area contributed by atoms with E-state index in [-0.39, 0.29) is 6.54 Å².